The Bertz CT molecular complexity index is 986. The lowest BCUT2D eigenvalue weighted by atomic mass is 10.1. The van der Waals surface area contributed by atoms with Crippen molar-refractivity contribution in [2.24, 2.45) is 0 Å². The Morgan fingerprint density at radius 3 is 2.40 bits per heavy atom. The first-order valence-corrected chi connectivity index (χ1v) is 10.1. The third-order valence-corrected chi connectivity index (χ3v) is 5.27. The normalized spacial score (nSPS) is 11.9. The van der Waals surface area contributed by atoms with Crippen LogP contribution in [0, 0.1) is 5.82 Å². The third-order valence-electron chi connectivity index (χ3n) is 4.57. The standard InChI is InChI=1S/C23H22Cl2FNO3/c1-29-22-9-17(12-27-13-21(28)15-5-3-2-4-6-15)20(25)11-23(22)30-14-16-7-8-18(26)10-19(16)24/h2-11,21,27-28H,12-14H2,1H3. The highest BCUT2D eigenvalue weighted by Crippen LogP contribution is 2.34. The fourth-order valence-electron chi connectivity index (χ4n) is 2.92. The molecule has 0 aliphatic carbocycles. The van der Waals surface area contributed by atoms with Gasteiger partial charge in [0.1, 0.15) is 12.4 Å². The summed E-state index contributed by atoms with van der Waals surface area (Å²) in [4.78, 5) is 0. The van der Waals surface area contributed by atoms with Gasteiger partial charge in [-0.2, -0.15) is 0 Å². The average molecular weight is 450 g/mol. The molecule has 4 nitrogen and oxygen atoms in total. The maximum Gasteiger partial charge on any atom is 0.163 e. The zero-order valence-corrected chi connectivity index (χ0v) is 17.9. The van der Waals surface area contributed by atoms with E-state index in [2.05, 4.69) is 5.32 Å². The van der Waals surface area contributed by atoms with Crippen molar-refractivity contribution in [1.82, 2.24) is 5.32 Å². The quantitative estimate of drug-likeness (QED) is 0.449. The number of rotatable bonds is 9. The summed E-state index contributed by atoms with van der Waals surface area (Å²) in [5.74, 6) is 0.563. The number of aliphatic hydroxyl groups is 1. The SMILES string of the molecule is COc1cc(CNCC(O)c2ccccc2)c(Cl)cc1OCc1ccc(F)cc1Cl. The second kappa shape index (κ2) is 10.6. The van der Waals surface area contributed by atoms with Crippen LogP contribution in [-0.2, 0) is 13.2 Å². The molecule has 158 valence electrons. The van der Waals surface area contributed by atoms with Crippen LogP contribution >= 0.6 is 23.2 Å². The summed E-state index contributed by atoms with van der Waals surface area (Å²) in [6.45, 7) is 0.972. The zero-order chi connectivity index (χ0) is 21.5. The Morgan fingerprint density at radius 1 is 0.967 bits per heavy atom. The van der Waals surface area contributed by atoms with E-state index >= 15 is 0 Å². The van der Waals surface area contributed by atoms with Gasteiger partial charge in [-0.25, -0.2) is 4.39 Å². The van der Waals surface area contributed by atoms with E-state index in [1.807, 2.05) is 30.3 Å². The van der Waals surface area contributed by atoms with Crippen molar-refractivity contribution in [3.63, 3.8) is 0 Å². The summed E-state index contributed by atoms with van der Waals surface area (Å²) >= 11 is 12.5. The smallest absolute Gasteiger partial charge is 0.163 e. The van der Waals surface area contributed by atoms with Gasteiger partial charge in [0.25, 0.3) is 0 Å². The van der Waals surface area contributed by atoms with Crippen molar-refractivity contribution < 1.29 is 19.0 Å². The Kier molecular flexibility index (Phi) is 7.94. The lowest BCUT2D eigenvalue weighted by molar-refractivity contribution is 0.174. The number of nitrogens with one attached hydrogen (secondary N) is 1. The van der Waals surface area contributed by atoms with Crippen molar-refractivity contribution in [3.8, 4) is 11.5 Å². The Morgan fingerprint density at radius 2 is 1.70 bits per heavy atom. The molecule has 0 amide bonds. The number of ether oxygens (including phenoxy) is 2. The maximum atomic E-state index is 13.2. The van der Waals surface area contributed by atoms with Gasteiger partial charge in [-0.1, -0.05) is 59.6 Å². The van der Waals surface area contributed by atoms with Crippen molar-refractivity contribution in [3.05, 3.63) is 93.2 Å². The first-order valence-electron chi connectivity index (χ1n) is 9.34. The van der Waals surface area contributed by atoms with E-state index in [0.717, 1.165) is 11.1 Å². The molecule has 0 aliphatic rings. The molecule has 0 saturated carbocycles. The van der Waals surface area contributed by atoms with E-state index < -0.39 is 11.9 Å². The van der Waals surface area contributed by atoms with Gasteiger partial charge >= 0.3 is 0 Å². The highest BCUT2D eigenvalue weighted by atomic mass is 35.5. The molecule has 0 saturated heterocycles. The molecule has 0 fully saturated rings. The van der Waals surface area contributed by atoms with Gasteiger partial charge < -0.3 is 19.9 Å². The minimum atomic E-state index is -0.616. The van der Waals surface area contributed by atoms with Crippen molar-refractivity contribution >= 4 is 23.2 Å². The second-order valence-corrected chi connectivity index (χ2v) is 7.49. The molecule has 0 aromatic heterocycles. The fourth-order valence-corrected chi connectivity index (χ4v) is 3.36. The molecule has 0 spiro atoms. The Hall–Kier alpha value is -2.31. The molecule has 0 heterocycles. The van der Waals surface area contributed by atoms with Crippen LogP contribution in [0.2, 0.25) is 10.0 Å². The third kappa shape index (κ3) is 5.86. The van der Waals surface area contributed by atoms with Gasteiger partial charge in [0, 0.05) is 29.7 Å². The molecule has 1 unspecified atom stereocenters. The molecular formula is C23H22Cl2FNO3. The molecule has 1 atom stereocenters. The zero-order valence-electron chi connectivity index (χ0n) is 16.4. The largest absolute Gasteiger partial charge is 0.493 e. The average Bonchev–Trinajstić information content (AvgIpc) is 2.75. The highest BCUT2D eigenvalue weighted by molar-refractivity contribution is 6.31. The van der Waals surface area contributed by atoms with Crippen molar-refractivity contribution in [2.45, 2.75) is 19.3 Å². The highest BCUT2D eigenvalue weighted by Gasteiger charge is 2.13. The van der Waals surface area contributed by atoms with E-state index in [1.54, 1.807) is 18.2 Å². The van der Waals surface area contributed by atoms with Crippen LogP contribution in [0.15, 0.2) is 60.7 Å². The summed E-state index contributed by atoms with van der Waals surface area (Å²) in [6, 6.07) is 17.0. The minimum Gasteiger partial charge on any atom is -0.493 e. The van der Waals surface area contributed by atoms with Crippen LogP contribution in [0.4, 0.5) is 4.39 Å². The van der Waals surface area contributed by atoms with Gasteiger partial charge in [0.05, 0.1) is 18.2 Å². The van der Waals surface area contributed by atoms with E-state index in [-0.39, 0.29) is 11.6 Å². The van der Waals surface area contributed by atoms with Gasteiger partial charge in [0.2, 0.25) is 0 Å². The summed E-state index contributed by atoms with van der Waals surface area (Å²) in [5, 5.41) is 14.2. The van der Waals surface area contributed by atoms with E-state index in [1.165, 1.54) is 19.2 Å². The predicted molar refractivity (Wildman–Crippen MR) is 117 cm³/mol. The Labute approximate surface area is 185 Å². The molecule has 30 heavy (non-hydrogen) atoms. The number of methoxy groups -OCH3 is 1. The monoisotopic (exact) mass is 449 g/mol. The van der Waals surface area contributed by atoms with Crippen LogP contribution in [0.5, 0.6) is 11.5 Å². The maximum absolute atomic E-state index is 13.2. The van der Waals surface area contributed by atoms with Crippen LogP contribution in [0.25, 0.3) is 0 Å². The lowest BCUT2D eigenvalue weighted by Crippen LogP contribution is -2.21. The molecule has 2 N–H and O–H groups in total. The summed E-state index contributed by atoms with van der Waals surface area (Å²) in [5.41, 5.74) is 2.30. The van der Waals surface area contributed by atoms with Crippen LogP contribution in [0.1, 0.15) is 22.8 Å². The van der Waals surface area contributed by atoms with E-state index in [0.29, 0.717) is 35.2 Å². The first-order chi connectivity index (χ1) is 14.5. The first kappa shape index (κ1) is 22.4. The van der Waals surface area contributed by atoms with Crippen molar-refractivity contribution in [2.75, 3.05) is 13.7 Å². The lowest BCUT2D eigenvalue weighted by Gasteiger charge is -2.16. The molecule has 0 bridgehead atoms. The number of hydrogen-bond acceptors (Lipinski definition) is 4. The second-order valence-electron chi connectivity index (χ2n) is 6.68. The topological polar surface area (TPSA) is 50.7 Å². The molecule has 3 rings (SSSR count). The number of hydrogen-bond donors (Lipinski definition) is 2. The number of aliphatic hydroxyl groups excluding tert-OH is 1. The van der Waals surface area contributed by atoms with Gasteiger partial charge in [-0.3, -0.25) is 0 Å². The molecular weight excluding hydrogens is 428 g/mol. The summed E-state index contributed by atoms with van der Waals surface area (Å²) < 4.78 is 24.4. The van der Waals surface area contributed by atoms with Gasteiger partial charge in [-0.15, -0.1) is 0 Å². The fraction of sp³-hybridized carbons (Fsp3) is 0.217. The van der Waals surface area contributed by atoms with E-state index in [9.17, 15) is 9.50 Å². The Balaban J connectivity index is 1.63. The number of halogens is 3. The van der Waals surface area contributed by atoms with Crippen molar-refractivity contribution in [1.29, 1.82) is 0 Å². The van der Waals surface area contributed by atoms with Gasteiger partial charge in [0.15, 0.2) is 11.5 Å². The summed E-state index contributed by atoms with van der Waals surface area (Å²) in [7, 11) is 1.54. The van der Waals surface area contributed by atoms with Crippen LogP contribution in [-0.4, -0.2) is 18.8 Å². The molecule has 0 aliphatic heterocycles. The van der Waals surface area contributed by atoms with Crippen LogP contribution < -0.4 is 14.8 Å². The molecule has 3 aromatic rings. The molecule has 7 heteroatoms. The van der Waals surface area contributed by atoms with Gasteiger partial charge in [-0.05, 0) is 29.3 Å². The predicted octanol–water partition coefficient (Wildman–Crippen LogP) is 5.54. The number of benzene rings is 3. The minimum absolute atomic E-state index is 0.146. The summed E-state index contributed by atoms with van der Waals surface area (Å²) in [6.07, 6.45) is -0.616. The van der Waals surface area contributed by atoms with Crippen LogP contribution in [0.3, 0.4) is 0 Å². The van der Waals surface area contributed by atoms with E-state index in [4.69, 9.17) is 32.7 Å². The molecule has 3 aromatic carbocycles. The molecule has 0 radical (unpaired) electrons.